The van der Waals surface area contributed by atoms with Gasteiger partial charge in [-0.05, 0) is 56.7 Å². The number of likely N-dealkylation sites (tertiary alicyclic amines) is 1. The van der Waals surface area contributed by atoms with Crippen LogP contribution < -0.4 is 10.2 Å². The Kier molecular flexibility index (Phi) is 7.55. The van der Waals surface area contributed by atoms with E-state index in [0.717, 1.165) is 48.4 Å². The van der Waals surface area contributed by atoms with Gasteiger partial charge in [0.25, 0.3) is 5.91 Å². The zero-order chi connectivity index (χ0) is 25.9. The van der Waals surface area contributed by atoms with Gasteiger partial charge in [0.1, 0.15) is 5.69 Å². The summed E-state index contributed by atoms with van der Waals surface area (Å²) in [5, 5.41) is 5.49. The molecule has 3 heterocycles. The fourth-order valence-electron chi connectivity index (χ4n) is 5.38. The van der Waals surface area contributed by atoms with Gasteiger partial charge >= 0.3 is 0 Å². The summed E-state index contributed by atoms with van der Waals surface area (Å²) in [6.45, 7) is 3.94. The maximum atomic E-state index is 12.9. The first-order valence-electron chi connectivity index (χ1n) is 13.2. The number of nitrogens with zero attached hydrogens (tertiary/aromatic N) is 5. The molecule has 9 nitrogen and oxygen atoms in total. The van der Waals surface area contributed by atoms with Gasteiger partial charge in [-0.2, -0.15) is 0 Å². The molecule has 1 aliphatic heterocycles. The molecule has 3 aromatic rings. The number of imidazole rings is 1. The third-order valence-electron chi connectivity index (χ3n) is 7.49. The minimum atomic E-state index is -0.306. The smallest absolute Gasteiger partial charge is 0.277 e. The second-order valence-corrected chi connectivity index (χ2v) is 11.2. The summed E-state index contributed by atoms with van der Waals surface area (Å²) in [7, 11) is 1.82. The highest BCUT2D eigenvalue weighted by molar-refractivity contribution is 7.09. The van der Waals surface area contributed by atoms with Crippen molar-refractivity contribution < 1.29 is 14.4 Å². The number of aromatic nitrogens is 3. The van der Waals surface area contributed by atoms with Gasteiger partial charge in [0.15, 0.2) is 0 Å². The van der Waals surface area contributed by atoms with Crippen molar-refractivity contribution in [1.29, 1.82) is 0 Å². The first-order chi connectivity index (χ1) is 17.9. The van der Waals surface area contributed by atoms with E-state index in [1.165, 1.54) is 24.2 Å². The lowest BCUT2D eigenvalue weighted by Crippen LogP contribution is -2.27. The highest BCUT2D eigenvalue weighted by Crippen LogP contribution is 2.30. The van der Waals surface area contributed by atoms with E-state index < -0.39 is 0 Å². The maximum Gasteiger partial charge on any atom is 0.277 e. The topological polar surface area (TPSA) is 100 Å². The zero-order valence-corrected chi connectivity index (χ0v) is 22.4. The van der Waals surface area contributed by atoms with Crippen LogP contribution in [0.2, 0.25) is 0 Å². The van der Waals surface area contributed by atoms with Gasteiger partial charge < -0.3 is 14.4 Å². The molecule has 1 saturated carbocycles. The molecule has 2 aromatic heterocycles. The number of carbonyl (C=O) groups is 3. The number of nitrogens with one attached hydrogen (secondary N) is 1. The molecule has 37 heavy (non-hydrogen) atoms. The summed E-state index contributed by atoms with van der Waals surface area (Å²) in [6, 6.07) is 5.80. The van der Waals surface area contributed by atoms with Crippen molar-refractivity contribution in [1.82, 2.24) is 19.4 Å². The van der Waals surface area contributed by atoms with E-state index in [1.54, 1.807) is 10.3 Å². The van der Waals surface area contributed by atoms with Gasteiger partial charge in [0.2, 0.25) is 17.8 Å². The van der Waals surface area contributed by atoms with Crippen molar-refractivity contribution in [3.05, 3.63) is 34.3 Å². The number of aryl methyl sites for hydroxylation is 2. The van der Waals surface area contributed by atoms with Crippen molar-refractivity contribution in [2.45, 2.75) is 64.8 Å². The lowest BCUT2D eigenvalue weighted by molar-refractivity contribution is -0.127. The Morgan fingerprint density at radius 2 is 1.97 bits per heavy atom. The van der Waals surface area contributed by atoms with E-state index in [1.807, 2.05) is 41.6 Å². The van der Waals surface area contributed by atoms with Crippen LogP contribution in [0.15, 0.2) is 23.6 Å². The highest BCUT2D eigenvalue weighted by Gasteiger charge is 2.23. The van der Waals surface area contributed by atoms with Gasteiger partial charge in [-0.15, -0.1) is 11.3 Å². The highest BCUT2D eigenvalue weighted by atomic mass is 32.1. The van der Waals surface area contributed by atoms with E-state index in [2.05, 4.69) is 10.3 Å². The molecule has 1 saturated heterocycles. The fraction of sp³-hybridized carbons (Fsp3) is 0.519. The van der Waals surface area contributed by atoms with Crippen LogP contribution >= 0.6 is 11.3 Å². The second-order valence-electron chi connectivity index (χ2n) is 10.1. The summed E-state index contributed by atoms with van der Waals surface area (Å²) in [4.78, 5) is 50.5. The molecule has 196 valence electrons. The predicted molar refractivity (Wildman–Crippen MR) is 145 cm³/mol. The Labute approximate surface area is 220 Å². The Bertz CT molecular complexity index is 1310. The number of hydrogen-bond donors (Lipinski definition) is 1. The van der Waals surface area contributed by atoms with Gasteiger partial charge in [0, 0.05) is 50.6 Å². The van der Waals surface area contributed by atoms with Crippen molar-refractivity contribution in [2.75, 3.05) is 30.4 Å². The average molecular weight is 523 g/mol. The van der Waals surface area contributed by atoms with Crippen molar-refractivity contribution in [2.24, 2.45) is 5.92 Å². The number of amides is 3. The third-order valence-corrected chi connectivity index (χ3v) is 8.26. The first-order valence-corrected chi connectivity index (χ1v) is 14.0. The number of benzene rings is 1. The van der Waals surface area contributed by atoms with Gasteiger partial charge in [-0.1, -0.05) is 12.8 Å². The number of anilines is 2. The summed E-state index contributed by atoms with van der Waals surface area (Å²) >= 11 is 1.43. The Morgan fingerprint density at radius 3 is 2.68 bits per heavy atom. The molecule has 1 aliphatic carbocycles. The van der Waals surface area contributed by atoms with Gasteiger partial charge in [0.05, 0.1) is 16.0 Å². The zero-order valence-electron chi connectivity index (χ0n) is 21.5. The second kappa shape index (κ2) is 11.0. The predicted octanol–water partition coefficient (Wildman–Crippen LogP) is 4.61. The molecule has 0 atom stereocenters. The number of hydrogen-bond acceptors (Lipinski definition) is 6. The van der Waals surface area contributed by atoms with Crippen LogP contribution in [-0.4, -0.2) is 57.3 Å². The Morgan fingerprint density at radius 1 is 1.16 bits per heavy atom. The van der Waals surface area contributed by atoms with Crippen LogP contribution in [-0.2, 0) is 16.1 Å². The van der Waals surface area contributed by atoms with Crippen LogP contribution in [0, 0.1) is 12.8 Å². The molecule has 1 N–H and O–H groups in total. The average Bonchev–Trinajstić information content (AvgIpc) is 3.68. The first kappa shape index (κ1) is 25.4. The van der Waals surface area contributed by atoms with E-state index in [-0.39, 0.29) is 17.7 Å². The Balaban J connectivity index is 1.37. The summed E-state index contributed by atoms with van der Waals surface area (Å²) in [6.07, 6.45) is 7.55. The maximum absolute atomic E-state index is 12.9. The fourth-order valence-corrected chi connectivity index (χ4v) is 5.98. The SMILES string of the molecule is Cc1nc(C(=O)Nc2nc3cc(N(C)C(=O)CC4CCCC4)ccc3n2CCCN2CCCC2=O)cs1. The molecule has 1 aromatic carbocycles. The van der Waals surface area contributed by atoms with Crippen LogP contribution in [0.5, 0.6) is 0 Å². The lowest BCUT2D eigenvalue weighted by Gasteiger charge is -2.19. The minimum Gasteiger partial charge on any atom is -0.343 e. The monoisotopic (exact) mass is 522 g/mol. The molecule has 0 unspecified atom stereocenters. The van der Waals surface area contributed by atoms with E-state index in [9.17, 15) is 14.4 Å². The van der Waals surface area contributed by atoms with E-state index >= 15 is 0 Å². The molecule has 5 rings (SSSR count). The van der Waals surface area contributed by atoms with Crippen LogP contribution in [0.3, 0.4) is 0 Å². The number of carbonyl (C=O) groups excluding carboxylic acids is 3. The van der Waals surface area contributed by atoms with Gasteiger partial charge in [-0.25, -0.2) is 9.97 Å². The largest absolute Gasteiger partial charge is 0.343 e. The molecule has 2 aliphatic rings. The normalized spacial score (nSPS) is 16.2. The summed E-state index contributed by atoms with van der Waals surface area (Å²) < 4.78 is 1.98. The standard InChI is InChI=1S/C27H34N6O3S/c1-18-28-22(17-37-18)26(36)30-27-29-21-16-20(31(2)25(35)15-19-7-3-4-8-19)10-11-23(21)33(27)14-6-13-32-12-5-9-24(32)34/h10-11,16-17,19H,3-9,12-15H2,1-2H3,(H,29,30,36). The summed E-state index contributed by atoms with van der Waals surface area (Å²) in [5.41, 5.74) is 2.73. The van der Waals surface area contributed by atoms with E-state index in [0.29, 0.717) is 49.0 Å². The number of fused-ring (bicyclic) bond motifs is 1. The summed E-state index contributed by atoms with van der Waals surface area (Å²) in [5.74, 6) is 0.943. The molecule has 2 fully saturated rings. The van der Waals surface area contributed by atoms with Crippen molar-refractivity contribution >= 4 is 51.7 Å². The molecule has 0 bridgehead atoms. The van der Waals surface area contributed by atoms with Crippen LogP contribution in [0.1, 0.15) is 66.9 Å². The number of rotatable bonds is 9. The minimum absolute atomic E-state index is 0.119. The molecule has 10 heteroatoms. The van der Waals surface area contributed by atoms with E-state index in [4.69, 9.17) is 4.98 Å². The van der Waals surface area contributed by atoms with Gasteiger partial charge in [-0.3, -0.25) is 19.7 Å². The van der Waals surface area contributed by atoms with Crippen LogP contribution in [0.4, 0.5) is 11.6 Å². The molecular formula is C27H34N6O3S. The van der Waals surface area contributed by atoms with Crippen molar-refractivity contribution in [3.63, 3.8) is 0 Å². The Hall–Kier alpha value is -3.27. The third kappa shape index (κ3) is 5.69. The van der Waals surface area contributed by atoms with Crippen molar-refractivity contribution in [3.8, 4) is 0 Å². The number of thiazole rings is 1. The molecule has 0 radical (unpaired) electrons. The van der Waals surface area contributed by atoms with Crippen LogP contribution in [0.25, 0.3) is 11.0 Å². The molecule has 3 amide bonds. The quantitative estimate of drug-likeness (QED) is 0.442. The lowest BCUT2D eigenvalue weighted by atomic mass is 10.0. The molecular weight excluding hydrogens is 488 g/mol. The molecule has 0 spiro atoms.